The van der Waals surface area contributed by atoms with E-state index in [0.717, 1.165) is 5.88 Å². The molecule has 0 aliphatic heterocycles. The van der Waals surface area contributed by atoms with Crippen LogP contribution in [-0.4, -0.2) is 30.5 Å². The molecule has 0 saturated heterocycles. The second-order valence-corrected chi connectivity index (χ2v) is 18.1. The van der Waals surface area contributed by atoms with E-state index in [1.807, 2.05) is 12.1 Å². The Hall–Kier alpha value is -0.251. The van der Waals surface area contributed by atoms with Crippen molar-refractivity contribution in [1.29, 1.82) is 0 Å². The van der Waals surface area contributed by atoms with Crippen LogP contribution in [0.15, 0.2) is 18.2 Å². The molecule has 1 aromatic heterocycles. The molecule has 3 heteroatoms. The third-order valence-electron chi connectivity index (χ3n) is 1.70. The summed E-state index contributed by atoms with van der Waals surface area (Å²) in [5.41, 5.74) is 0. The Morgan fingerprint density at radius 1 is 1.25 bits per heavy atom. The number of ether oxygens (including phenoxy) is 1. The predicted octanol–water partition coefficient (Wildman–Crippen LogP) is 1.64. The number of rotatable bonds is 2. The van der Waals surface area contributed by atoms with Gasteiger partial charge in [0.05, 0.1) is 0 Å². The molecule has 0 aromatic carbocycles. The molecule has 2 nitrogen and oxygen atoms in total. The summed E-state index contributed by atoms with van der Waals surface area (Å²) in [4.78, 5) is 11.5. The molecular formula is C9H15NOSn. The Morgan fingerprint density at radius 3 is 2.42 bits per heavy atom. The van der Waals surface area contributed by atoms with Crippen LogP contribution in [0.2, 0.25) is 14.8 Å². The average molecular weight is 272 g/mol. The molecule has 0 atom stereocenters. The fourth-order valence-corrected chi connectivity index (χ4v) is 3.92. The van der Waals surface area contributed by atoms with Crippen LogP contribution in [0.4, 0.5) is 0 Å². The van der Waals surface area contributed by atoms with Gasteiger partial charge in [0.1, 0.15) is 0 Å². The molecule has 0 radical (unpaired) electrons. The summed E-state index contributed by atoms with van der Waals surface area (Å²) < 4.78 is 6.34. The summed E-state index contributed by atoms with van der Waals surface area (Å²) in [7, 11) is 1.66. The number of hydrogen-bond acceptors (Lipinski definition) is 2. The third kappa shape index (κ3) is 2.37. The monoisotopic (exact) mass is 273 g/mol. The van der Waals surface area contributed by atoms with Crippen LogP contribution in [0.25, 0.3) is 0 Å². The van der Waals surface area contributed by atoms with Gasteiger partial charge < -0.3 is 0 Å². The fourth-order valence-electron chi connectivity index (χ4n) is 0.946. The van der Waals surface area contributed by atoms with Crippen molar-refractivity contribution in [2.45, 2.75) is 14.8 Å². The quantitative estimate of drug-likeness (QED) is 0.763. The van der Waals surface area contributed by atoms with Crippen LogP contribution in [0.1, 0.15) is 0 Å². The fraction of sp³-hybridized carbons (Fsp3) is 0.444. The molecule has 0 aliphatic rings. The van der Waals surface area contributed by atoms with Gasteiger partial charge in [-0.1, -0.05) is 0 Å². The first kappa shape index (κ1) is 9.83. The van der Waals surface area contributed by atoms with Crippen molar-refractivity contribution in [1.82, 2.24) is 4.98 Å². The number of hydrogen-bond donors (Lipinski definition) is 0. The first-order chi connectivity index (χ1) is 5.54. The van der Waals surface area contributed by atoms with Crippen molar-refractivity contribution in [3.8, 4) is 5.88 Å². The zero-order valence-corrected chi connectivity index (χ0v) is 10.9. The summed E-state index contributed by atoms with van der Waals surface area (Å²) in [6.45, 7) is 0. The van der Waals surface area contributed by atoms with Crippen molar-refractivity contribution in [3.63, 3.8) is 0 Å². The van der Waals surface area contributed by atoms with Gasteiger partial charge in [-0.25, -0.2) is 0 Å². The Kier molecular flexibility index (Phi) is 2.98. The molecule has 12 heavy (non-hydrogen) atoms. The molecule has 66 valence electrons. The Balaban J connectivity index is 3.02. The van der Waals surface area contributed by atoms with E-state index in [0.29, 0.717) is 0 Å². The van der Waals surface area contributed by atoms with E-state index in [2.05, 4.69) is 25.9 Å². The van der Waals surface area contributed by atoms with Gasteiger partial charge in [0.25, 0.3) is 0 Å². The molecule has 0 unspecified atom stereocenters. The van der Waals surface area contributed by atoms with Crippen LogP contribution in [0.3, 0.4) is 0 Å². The van der Waals surface area contributed by atoms with E-state index in [1.54, 1.807) is 7.11 Å². The molecule has 1 heterocycles. The van der Waals surface area contributed by atoms with Gasteiger partial charge in [-0.05, 0) is 0 Å². The van der Waals surface area contributed by atoms with Gasteiger partial charge in [-0.3, -0.25) is 0 Å². The second-order valence-electron chi connectivity index (χ2n) is 3.82. The molecule has 0 N–H and O–H groups in total. The molecule has 0 bridgehead atoms. The van der Waals surface area contributed by atoms with Gasteiger partial charge in [0.15, 0.2) is 0 Å². The summed E-state index contributed by atoms with van der Waals surface area (Å²) in [6.07, 6.45) is 0. The molecule has 0 saturated carbocycles. The van der Waals surface area contributed by atoms with E-state index < -0.39 is 18.4 Å². The van der Waals surface area contributed by atoms with Crippen molar-refractivity contribution in [2.75, 3.05) is 7.11 Å². The zero-order valence-electron chi connectivity index (χ0n) is 8.09. The van der Waals surface area contributed by atoms with Crippen LogP contribution in [0, 0.1) is 0 Å². The first-order valence-electron chi connectivity index (χ1n) is 4.05. The van der Waals surface area contributed by atoms with Gasteiger partial charge in [0.2, 0.25) is 0 Å². The van der Waals surface area contributed by atoms with Gasteiger partial charge >= 0.3 is 77.8 Å². The number of aromatic nitrogens is 1. The number of nitrogens with zero attached hydrogens (tertiary/aromatic N) is 1. The molecular weight excluding hydrogens is 257 g/mol. The molecule has 0 spiro atoms. The van der Waals surface area contributed by atoms with E-state index in [1.165, 1.54) is 3.71 Å². The zero-order chi connectivity index (χ0) is 9.19. The van der Waals surface area contributed by atoms with Crippen LogP contribution in [-0.2, 0) is 0 Å². The van der Waals surface area contributed by atoms with E-state index in [4.69, 9.17) is 4.74 Å². The molecule has 1 aromatic rings. The first-order valence-corrected chi connectivity index (χ1v) is 14.0. The minimum absolute atomic E-state index is 0.735. The van der Waals surface area contributed by atoms with E-state index in [-0.39, 0.29) is 0 Å². The van der Waals surface area contributed by atoms with Crippen molar-refractivity contribution in [2.24, 2.45) is 0 Å². The summed E-state index contributed by atoms with van der Waals surface area (Å²) >= 11 is -1.97. The SMILES string of the molecule is COc1ccc[c]([Sn]([CH3])([CH3])[CH3])n1. The van der Waals surface area contributed by atoms with Crippen molar-refractivity contribution < 1.29 is 4.74 Å². The number of pyridine rings is 1. The van der Waals surface area contributed by atoms with Crippen molar-refractivity contribution in [3.05, 3.63) is 18.2 Å². The Labute approximate surface area is 77.8 Å². The van der Waals surface area contributed by atoms with Gasteiger partial charge in [-0.2, -0.15) is 0 Å². The maximum atomic E-state index is 5.07. The standard InChI is InChI=1S/C6H6NO.3CH3.Sn/c1-8-6-4-2-3-5-7-6;;;;/h2-4H,1H3;3*1H3;. The summed E-state index contributed by atoms with van der Waals surface area (Å²) in [6, 6.07) is 6.02. The number of methoxy groups -OCH3 is 1. The third-order valence-corrected chi connectivity index (χ3v) is 6.88. The minimum atomic E-state index is -1.97. The van der Waals surface area contributed by atoms with E-state index in [9.17, 15) is 0 Å². The maximum absolute atomic E-state index is 5.07. The summed E-state index contributed by atoms with van der Waals surface area (Å²) in [5.74, 6) is 0.735. The van der Waals surface area contributed by atoms with Crippen LogP contribution < -0.4 is 8.45 Å². The molecule has 0 amide bonds. The topological polar surface area (TPSA) is 22.1 Å². The Morgan fingerprint density at radius 2 is 1.92 bits per heavy atom. The molecule has 0 aliphatic carbocycles. The predicted molar refractivity (Wildman–Crippen MR) is 53.8 cm³/mol. The van der Waals surface area contributed by atoms with Crippen LogP contribution >= 0.6 is 0 Å². The van der Waals surface area contributed by atoms with E-state index >= 15 is 0 Å². The Bertz CT molecular complexity index is 267. The van der Waals surface area contributed by atoms with Crippen molar-refractivity contribution >= 4 is 22.1 Å². The molecule has 1 rings (SSSR count). The van der Waals surface area contributed by atoms with Crippen LogP contribution in [0.5, 0.6) is 5.88 Å². The van der Waals surface area contributed by atoms with Gasteiger partial charge in [-0.15, -0.1) is 0 Å². The average Bonchev–Trinajstić information content (AvgIpc) is 2.03. The summed E-state index contributed by atoms with van der Waals surface area (Å²) in [5, 5.41) is 0. The van der Waals surface area contributed by atoms with Gasteiger partial charge in [0, 0.05) is 0 Å². The normalized spacial score (nSPS) is 11.3. The second kappa shape index (κ2) is 3.64. The molecule has 0 fully saturated rings.